The van der Waals surface area contributed by atoms with Gasteiger partial charge in [0, 0.05) is 70.9 Å². The number of piperidine rings is 3. The molecule has 0 aromatic heterocycles. The minimum Gasteiger partial charge on any atom is -0.490 e. The van der Waals surface area contributed by atoms with Gasteiger partial charge in [0.2, 0.25) is 17.7 Å². The molecular formula is C26H36FN3O4. The fourth-order valence-corrected chi connectivity index (χ4v) is 5.45. The number of amides is 3. The van der Waals surface area contributed by atoms with Crippen LogP contribution in [0.3, 0.4) is 0 Å². The summed E-state index contributed by atoms with van der Waals surface area (Å²) in [5, 5.41) is 0. The van der Waals surface area contributed by atoms with E-state index in [9.17, 15) is 18.8 Å². The lowest BCUT2D eigenvalue weighted by Gasteiger charge is -2.41. The van der Waals surface area contributed by atoms with Crippen molar-refractivity contribution in [3.8, 4) is 5.75 Å². The van der Waals surface area contributed by atoms with E-state index < -0.39 is 0 Å². The summed E-state index contributed by atoms with van der Waals surface area (Å²) in [6.45, 7) is 5.46. The lowest BCUT2D eigenvalue weighted by atomic mass is 9.88. The first-order chi connectivity index (χ1) is 16.4. The lowest BCUT2D eigenvalue weighted by molar-refractivity contribution is -0.144. The van der Waals surface area contributed by atoms with Crippen molar-refractivity contribution in [1.82, 2.24) is 14.7 Å². The van der Waals surface area contributed by atoms with Crippen LogP contribution in [0.5, 0.6) is 5.75 Å². The number of hydrogen-bond donors (Lipinski definition) is 0. The molecule has 3 fully saturated rings. The second kappa shape index (κ2) is 11.2. The van der Waals surface area contributed by atoms with Crippen LogP contribution in [0, 0.1) is 17.7 Å². The number of benzene rings is 1. The standard InChI is InChI=1S/C26H36FN3O4/c1-19(31)28-14-9-20(10-15-28)26(33)30-16-11-24(34-23-7-5-22(27)6-8-23)21(18-30)17-25(32)29-12-3-2-4-13-29/h5-8,20-21,24H,2-4,9-18H2,1H3/t21-,24-/m0/s1. The minimum atomic E-state index is -0.319. The summed E-state index contributed by atoms with van der Waals surface area (Å²) in [5.41, 5.74) is 0. The Balaban J connectivity index is 1.41. The van der Waals surface area contributed by atoms with E-state index in [1.165, 1.54) is 12.1 Å². The normalized spacial score (nSPS) is 24.1. The monoisotopic (exact) mass is 473 g/mol. The van der Waals surface area contributed by atoms with Gasteiger partial charge in [-0.15, -0.1) is 0 Å². The molecule has 7 nitrogen and oxygen atoms in total. The summed E-state index contributed by atoms with van der Waals surface area (Å²) >= 11 is 0. The highest BCUT2D eigenvalue weighted by molar-refractivity contribution is 5.80. The molecule has 186 valence electrons. The highest BCUT2D eigenvalue weighted by atomic mass is 19.1. The molecule has 3 saturated heterocycles. The predicted molar refractivity (Wildman–Crippen MR) is 126 cm³/mol. The predicted octanol–water partition coefficient (Wildman–Crippen LogP) is 3.08. The van der Waals surface area contributed by atoms with E-state index in [-0.39, 0.29) is 41.5 Å². The maximum Gasteiger partial charge on any atom is 0.225 e. The molecular weight excluding hydrogens is 437 g/mol. The Hall–Kier alpha value is -2.64. The molecule has 0 saturated carbocycles. The van der Waals surface area contributed by atoms with Crippen molar-refractivity contribution >= 4 is 17.7 Å². The van der Waals surface area contributed by atoms with Crippen LogP contribution >= 0.6 is 0 Å². The number of likely N-dealkylation sites (tertiary alicyclic amines) is 3. The van der Waals surface area contributed by atoms with E-state index in [0.29, 0.717) is 57.6 Å². The van der Waals surface area contributed by atoms with E-state index in [0.717, 1.165) is 32.4 Å². The van der Waals surface area contributed by atoms with Crippen LogP contribution in [0.25, 0.3) is 0 Å². The third kappa shape index (κ3) is 6.07. The maximum absolute atomic E-state index is 13.3. The molecule has 3 aliphatic heterocycles. The van der Waals surface area contributed by atoms with Crippen LogP contribution in [0.1, 0.15) is 51.9 Å². The van der Waals surface area contributed by atoms with Crippen LogP contribution in [0.15, 0.2) is 24.3 Å². The highest BCUT2D eigenvalue weighted by Crippen LogP contribution is 2.29. The van der Waals surface area contributed by atoms with Gasteiger partial charge in [-0.25, -0.2) is 4.39 Å². The molecule has 0 N–H and O–H groups in total. The van der Waals surface area contributed by atoms with Gasteiger partial charge < -0.3 is 19.4 Å². The summed E-state index contributed by atoms with van der Waals surface area (Å²) in [6, 6.07) is 5.96. The Kier molecular flexibility index (Phi) is 8.06. The van der Waals surface area contributed by atoms with Crippen molar-refractivity contribution < 1.29 is 23.5 Å². The van der Waals surface area contributed by atoms with E-state index in [1.807, 2.05) is 9.80 Å². The molecule has 4 rings (SSSR count). The van der Waals surface area contributed by atoms with Crippen LogP contribution in [0.4, 0.5) is 4.39 Å². The van der Waals surface area contributed by atoms with Crippen molar-refractivity contribution in [3.63, 3.8) is 0 Å². The van der Waals surface area contributed by atoms with E-state index in [4.69, 9.17) is 4.74 Å². The molecule has 34 heavy (non-hydrogen) atoms. The fourth-order valence-electron chi connectivity index (χ4n) is 5.45. The Bertz CT molecular complexity index is 863. The highest BCUT2D eigenvalue weighted by Gasteiger charge is 2.38. The van der Waals surface area contributed by atoms with Gasteiger partial charge in [0.05, 0.1) is 0 Å². The Morgan fingerprint density at radius 2 is 1.53 bits per heavy atom. The van der Waals surface area contributed by atoms with E-state index >= 15 is 0 Å². The molecule has 0 unspecified atom stereocenters. The quantitative estimate of drug-likeness (QED) is 0.659. The summed E-state index contributed by atoms with van der Waals surface area (Å²) in [6.07, 6.45) is 5.37. The number of nitrogens with zero attached hydrogens (tertiary/aromatic N) is 3. The summed E-state index contributed by atoms with van der Waals surface area (Å²) in [5.74, 6) is 0.373. The number of carbonyl (C=O) groups is 3. The molecule has 3 aliphatic rings. The van der Waals surface area contributed by atoms with Gasteiger partial charge in [0.15, 0.2) is 0 Å². The van der Waals surface area contributed by atoms with Gasteiger partial charge in [-0.05, 0) is 56.4 Å². The molecule has 1 aromatic carbocycles. The Labute approximate surface area is 201 Å². The van der Waals surface area contributed by atoms with Crippen molar-refractivity contribution in [3.05, 3.63) is 30.1 Å². The van der Waals surface area contributed by atoms with Gasteiger partial charge in [0.25, 0.3) is 0 Å². The first-order valence-corrected chi connectivity index (χ1v) is 12.6. The molecule has 3 amide bonds. The number of halogens is 1. The van der Waals surface area contributed by atoms with Crippen LogP contribution in [-0.4, -0.2) is 77.8 Å². The zero-order chi connectivity index (χ0) is 24.1. The molecule has 1 aromatic rings. The first kappa shape index (κ1) is 24.5. The zero-order valence-corrected chi connectivity index (χ0v) is 20.1. The lowest BCUT2D eigenvalue weighted by Crippen LogP contribution is -2.52. The summed E-state index contributed by atoms with van der Waals surface area (Å²) in [7, 11) is 0. The largest absolute Gasteiger partial charge is 0.490 e. The van der Waals surface area contributed by atoms with Crippen LogP contribution in [0.2, 0.25) is 0 Å². The molecule has 0 aliphatic carbocycles. The number of hydrogen-bond acceptors (Lipinski definition) is 4. The number of carbonyl (C=O) groups excluding carboxylic acids is 3. The van der Waals surface area contributed by atoms with Crippen molar-refractivity contribution in [2.24, 2.45) is 11.8 Å². The SMILES string of the molecule is CC(=O)N1CCC(C(=O)N2CC[C@H](Oc3ccc(F)cc3)[C@@H](CC(=O)N3CCCCC3)C2)CC1. The van der Waals surface area contributed by atoms with E-state index in [1.54, 1.807) is 24.0 Å². The van der Waals surface area contributed by atoms with Gasteiger partial charge in [-0.3, -0.25) is 14.4 Å². The van der Waals surface area contributed by atoms with E-state index in [2.05, 4.69) is 0 Å². The third-order valence-electron chi connectivity index (χ3n) is 7.51. The van der Waals surface area contributed by atoms with Gasteiger partial charge in [-0.2, -0.15) is 0 Å². The second-order valence-corrected chi connectivity index (χ2v) is 9.87. The first-order valence-electron chi connectivity index (χ1n) is 12.6. The molecule has 2 atom stereocenters. The zero-order valence-electron chi connectivity index (χ0n) is 20.1. The minimum absolute atomic E-state index is 0.0564. The average molecular weight is 474 g/mol. The maximum atomic E-state index is 13.3. The molecule has 8 heteroatoms. The summed E-state index contributed by atoms with van der Waals surface area (Å²) in [4.78, 5) is 43.6. The second-order valence-electron chi connectivity index (χ2n) is 9.87. The summed E-state index contributed by atoms with van der Waals surface area (Å²) < 4.78 is 19.5. The van der Waals surface area contributed by atoms with Gasteiger partial charge >= 0.3 is 0 Å². The molecule has 3 heterocycles. The van der Waals surface area contributed by atoms with Gasteiger partial charge in [0.1, 0.15) is 17.7 Å². The van der Waals surface area contributed by atoms with Crippen molar-refractivity contribution in [2.45, 2.75) is 58.0 Å². The Morgan fingerprint density at radius 3 is 2.18 bits per heavy atom. The van der Waals surface area contributed by atoms with Gasteiger partial charge in [-0.1, -0.05) is 0 Å². The van der Waals surface area contributed by atoms with Crippen molar-refractivity contribution in [1.29, 1.82) is 0 Å². The smallest absolute Gasteiger partial charge is 0.225 e. The number of rotatable bonds is 5. The van der Waals surface area contributed by atoms with Crippen LogP contribution in [-0.2, 0) is 14.4 Å². The Morgan fingerprint density at radius 1 is 0.882 bits per heavy atom. The third-order valence-corrected chi connectivity index (χ3v) is 7.51. The fraction of sp³-hybridized carbons (Fsp3) is 0.654. The number of ether oxygens (including phenoxy) is 1. The van der Waals surface area contributed by atoms with Crippen LogP contribution < -0.4 is 4.74 Å². The van der Waals surface area contributed by atoms with Crippen molar-refractivity contribution in [2.75, 3.05) is 39.3 Å². The molecule has 0 bridgehead atoms. The molecule has 0 spiro atoms. The molecule has 0 radical (unpaired) electrons. The average Bonchev–Trinajstić information content (AvgIpc) is 2.86. The topological polar surface area (TPSA) is 70.2 Å².